The minimum absolute atomic E-state index is 0.00648. The molecule has 1 fully saturated rings. The predicted molar refractivity (Wildman–Crippen MR) is 112 cm³/mol. The molecule has 0 radical (unpaired) electrons. The van der Waals surface area contributed by atoms with E-state index in [2.05, 4.69) is 6.92 Å². The Bertz CT molecular complexity index is 722. The molecule has 6 heteroatoms. The van der Waals surface area contributed by atoms with E-state index < -0.39 is 6.29 Å². The predicted octanol–water partition coefficient (Wildman–Crippen LogP) is 3.15. The molecule has 0 bridgehead atoms. The van der Waals surface area contributed by atoms with Crippen molar-refractivity contribution < 1.29 is 19.7 Å². The van der Waals surface area contributed by atoms with Crippen molar-refractivity contribution in [2.45, 2.75) is 38.6 Å². The molecule has 0 aromatic heterocycles. The first kappa shape index (κ1) is 21.3. The minimum atomic E-state index is -0.453. The van der Waals surface area contributed by atoms with Gasteiger partial charge in [-0.2, -0.15) is 11.8 Å². The Morgan fingerprint density at radius 2 is 1.57 bits per heavy atom. The Labute approximate surface area is 170 Å². The van der Waals surface area contributed by atoms with Crippen molar-refractivity contribution in [3.63, 3.8) is 0 Å². The van der Waals surface area contributed by atoms with Crippen LogP contribution in [0.4, 0.5) is 0 Å². The lowest BCUT2D eigenvalue weighted by Crippen LogP contribution is -2.38. The highest BCUT2D eigenvalue weighted by atomic mass is 32.2. The summed E-state index contributed by atoms with van der Waals surface area (Å²) >= 11 is 1.69. The van der Waals surface area contributed by atoms with Gasteiger partial charge in [-0.1, -0.05) is 55.5 Å². The molecule has 4 N–H and O–H groups in total. The van der Waals surface area contributed by atoms with Crippen LogP contribution in [0.2, 0.25) is 0 Å². The number of benzene rings is 2. The summed E-state index contributed by atoms with van der Waals surface area (Å²) in [5.74, 6) is 1.65. The van der Waals surface area contributed by atoms with E-state index in [9.17, 15) is 5.11 Å². The summed E-state index contributed by atoms with van der Waals surface area (Å²) in [5.41, 5.74) is 9.70. The lowest BCUT2D eigenvalue weighted by Gasteiger charge is -2.41. The molecule has 0 saturated carbocycles. The van der Waals surface area contributed by atoms with Gasteiger partial charge in [-0.05, 0) is 16.7 Å². The number of nitrogens with two attached hydrogens (primary N) is 1. The van der Waals surface area contributed by atoms with Crippen molar-refractivity contribution in [3.8, 4) is 0 Å². The topological polar surface area (TPSA) is 84.9 Å². The van der Waals surface area contributed by atoms with Crippen LogP contribution in [-0.4, -0.2) is 34.4 Å². The number of hydrogen-bond donors (Lipinski definition) is 3. The highest BCUT2D eigenvalue weighted by molar-refractivity contribution is 7.99. The van der Waals surface area contributed by atoms with Crippen molar-refractivity contribution in [1.82, 2.24) is 0 Å². The Hall–Kier alpha value is -1.41. The van der Waals surface area contributed by atoms with Gasteiger partial charge in [0.1, 0.15) is 0 Å². The molecule has 0 spiro atoms. The van der Waals surface area contributed by atoms with E-state index in [4.69, 9.17) is 20.3 Å². The lowest BCUT2D eigenvalue weighted by molar-refractivity contribution is -0.268. The smallest absolute Gasteiger partial charge is 0.184 e. The van der Waals surface area contributed by atoms with Gasteiger partial charge in [0.25, 0.3) is 0 Å². The van der Waals surface area contributed by atoms with Crippen molar-refractivity contribution in [3.05, 3.63) is 70.8 Å². The zero-order valence-electron chi connectivity index (χ0n) is 16.2. The molecule has 5 nitrogen and oxygen atoms in total. The van der Waals surface area contributed by atoms with Gasteiger partial charge in [0.15, 0.2) is 6.29 Å². The van der Waals surface area contributed by atoms with Crippen LogP contribution < -0.4 is 5.73 Å². The summed E-state index contributed by atoms with van der Waals surface area (Å²) in [6, 6.07) is 15.9. The fourth-order valence-electron chi connectivity index (χ4n) is 3.38. The molecule has 1 aliphatic heterocycles. The fourth-order valence-corrected chi connectivity index (χ4v) is 4.29. The van der Waals surface area contributed by atoms with E-state index in [1.807, 2.05) is 48.5 Å². The molecule has 3 rings (SSSR count). The van der Waals surface area contributed by atoms with Crippen molar-refractivity contribution in [2.75, 3.05) is 18.1 Å². The summed E-state index contributed by atoms with van der Waals surface area (Å²) in [6.45, 7) is 2.84. The number of ether oxygens (including phenoxy) is 2. The first-order valence-corrected chi connectivity index (χ1v) is 10.8. The molecule has 0 aliphatic carbocycles. The van der Waals surface area contributed by atoms with E-state index in [-0.39, 0.29) is 31.3 Å². The first-order valence-electron chi connectivity index (χ1n) is 9.64. The maximum Gasteiger partial charge on any atom is 0.184 e. The van der Waals surface area contributed by atoms with E-state index >= 15 is 0 Å². The zero-order chi connectivity index (χ0) is 19.9. The monoisotopic (exact) mass is 403 g/mol. The second kappa shape index (κ2) is 10.4. The standard InChI is InChI=1S/C22H29NO4S/c1-15-20(14-28-11-10-24)26-22(19-8-2-16(12-23)3-9-19)27-21(15)18-6-4-17(13-25)5-7-18/h2-9,15,20-22,24-25H,10-14,23H2,1H3. The SMILES string of the molecule is CC1C(CSCCO)OC(c2ccc(CN)cc2)OC1c1ccc(CO)cc1. The Morgan fingerprint density at radius 3 is 2.18 bits per heavy atom. The van der Waals surface area contributed by atoms with Crippen molar-refractivity contribution in [1.29, 1.82) is 0 Å². The van der Waals surface area contributed by atoms with Gasteiger partial charge in [0.05, 0.1) is 25.4 Å². The molecule has 0 amide bonds. The average Bonchev–Trinajstić information content (AvgIpc) is 2.75. The Kier molecular flexibility index (Phi) is 7.91. The second-order valence-corrected chi connectivity index (χ2v) is 8.22. The number of thioether (sulfide) groups is 1. The summed E-state index contributed by atoms with van der Waals surface area (Å²) in [6.07, 6.45) is -0.558. The summed E-state index contributed by atoms with van der Waals surface area (Å²) in [7, 11) is 0. The van der Waals surface area contributed by atoms with Crippen molar-refractivity contribution >= 4 is 11.8 Å². The minimum Gasteiger partial charge on any atom is -0.396 e. The third-order valence-electron chi connectivity index (χ3n) is 5.13. The zero-order valence-corrected chi connectivity index (χ0v) is 17.0. The van der Waals surface area contributed by atoms with Crippen LogP contribution >= 0.6 is 11.8 Å². The van der Waals surface area contributed by atoms with E-state index in [1.165, 1.54) is 0 Å². The Balaban J connectivity index is 1.83. The van der Waals surface area contributed by atoms with Gasteiger partial charge >= 0.3 is 0 Å². The summed E-state index contributed by atoms with van der Waals surface area (Å²) < 4.78 is 12.7. The molecule has 1 saturated heterocycles. The van der Waals surface area contributed by atoms with Crippen molar-refractivity contribution in [2.24, 2.45) is 11.7 Å². The number of aliphatic hydroxyl groups is 2. The van der Waals surface area contributed by atoms with E-state index in [0.29, 0.717) is 12.3 Å². The van der Waals surface area contributed by atoms with Gasteiger partial charge in [0.2, 0.25) is 0 Å². The molecule has 2 aromatic rings. The molecule has 4 atom stereocenters. The molecule has 4 unspecified atom stereocenters. The van der Waals surface area contributed by atoms with Gasteiger partial charge in [-0.15, -0.1) is 0 Å². The highest BCUT2D eigenvalue weighted by Crippen LogP contribution is 2.42. The van der Waals surface area contributed by atoms with Gasteiger partial charge in [0, 0.05) is 29.5 Å². The number of hydrogen-bond acceptors (Lipinski definition) is 6. The second-order valence-electron chi connectivity index (χ2n) is 7.07. The Morgan fingerprint density at radius 1 is 0.929 bits per heavy atom. The third kappa shape index (κ3) is 5.14. The molecular formula is C22H29NO4S. The molecule has 28 heavy (non-hydrogen) atoms. The third-order valence-corrected chi connectivity index (χ3v) is 6.16. The first-order chi connectivity index (χ1) is 13.7. The quantitative estimate of drug-likeness (QED) is 0.587. The van der Waals surface area contributed by atoms with E-state index in [1.54, 1.807) is 11.8 Å². The maximum absolute atomic E-state index is 9.30. The summed E-state index contributed by atoms with van der Waals surface area (Å²) in [5, 5.41) is 18.4. The molecule has 152 valence electrons. The lowest BCUT2D eigenvalue weighted by atomic mass is 9.91. The largest absolute Gasteiger partial charge is 0.396 e. The van der Waals surface area contributed by atoms with Crippen LogP contribution in [0.25, 0.3) is 0 Å². The molecular weight excluding hydrogens is 374 g/mol. The van der Waals surface area contributed by atoms with Crippen LogP contribution in [0.5, 0.6) is 0 Å². The molecule has 1 aliphatic rings. The molecule has 1 heterocycles. The fraction of sp³-hybridized carbons (Fsp3) is 0.455. The van der Waals surface area contributed by atoms with Gasteiger partial charge in [-0.25, -0.2) is 0 Å². The number of rotatable bonds is 8. The van der Waals surface area contributed by atoms with Gasteiger partial charge in [-0.3, -0.25) is 0 Å². The highest BCUT2D eigenvalue weighted by Gasteiger charge is 2.38. The average molecular weight is 404 g/mol. The van der Waals surface area contributed by atoms with Crippen LogP contribution in [0.1, 0.15) is 41.6 Å². The van der Waals surface area contributed by atoms with Crippen LogP contribution in [-0.2, 0) is 22.6 Å². The molecule has 2 aromatic carbocycles. The van der Waals surface area contributed by atoms with Crippen LogP contribution in [0.3, 0.4) is 0 Å². The maximum atomic E-state index is 9.30. The van der Waals surface area contributed by atoms with Gasteiger partial charge < -0.3 is 25.4 Å². The van der Waals surface area contributed by atoms with Crippen LogP contribution in [0, 0.1) is 5.92 Å². The van der Waals surface area contributed by atoms with Crippen LogP contribution in [0.15, 0.2) is 48.5 Å². The normalized spacial score (nSPS) is 25.0. The summed E-state index contributed by atoms with van der Waals surface area (Å²) in [4.78, 5) is 0. The number of aliphatic hydroxyl groups excluding tert-OH is 2. The van der Waals surface area contributed by atoms with E-state index in [0.717, 1.165) is 28.0 Å².